The van der Waals surface area contributed by atoms with Crippen LogP contribution in [0.25, 0.3) is 0 Å². The maximum atomic E-state index is 11.6. The Labute approximate surface area is 95.0 Å². The summed E-state index contributed by atoms with van der Waals surface area (Å²) in [5.74, 6) is 0.624. The highest BCUT2D eigenvalue weighted by molar-refractivity contribution is 6.00. The van der Waals surface area contributed by atoms with E-state index in [0.29, 0.717) is 0 Å². The molecule has 16 heavy (non-hydrogen) atoms. The Morgan fingerprint density at radius 2 is 2.19 bits per heavy atom. The van der Waals surface area contributed by atoms with Crippen molar-refractivity contribution in [3.05, 3.63) is 23.8 Å². The van der Waals surface area contributed by atoms with Crippen molar-refractivity contribution in [1.29, 1.82) is 0 Å². The lowest BCUT2D eigenvalue weighted by molar-refractivity contribution is -0.129. The normalized spacial score (nSPS) is 17.3. The highest BCUT2D eigenvalue weighted by Gasteiger charge is 2.35. The van der Waals surface area contributed by atoms with Crippen LogP contribution in [0.5, 0.6) is 5.75 Å². The van der Waals surface area contributed by atoms with Gasteiger partial charge in [-0.05, 0) is 38.6 Å². The zero-order chi connectivity index (χ0) is 11.8. The molecule has 0 fully saturated rings. The van der Waals surface area contributed by atoms with Gasteiger partial charge in [-0.15, -0.1) is 0 Å². The van der Waals surface area contributed by atoms with E-state index in [1.807, 2.05) is 25.2 Å². The van der Waals surface area contributed by atoms with Crippen molar-refractivity contribution >= 4 is 11.6 Å². The summed E-state index contributed by atoms with van der Waals surface area (Å²) in [7, 11) is 1.89. The SMILES string of the molecule is CNCc1ccc2c(c1)OC(C)(C)C(=O)N2. The molecule has 0 bridgehead atoms. The average molecular weight is 220 g/mol. The second-order valence-electron chi connectivity index (χ2n) is 4.43. The van der Waals surface area contributed by atoms with Crippen molar-refractivity contribution < 1.29 is 9.53 Å². The van der Waals surface area contributed by atoms with Crippen LogP contribution < -0.4 is 15.4 Å². The van der Waals surface area contributed by atoms with Crippen LogP contribution in [-0.2, 0) is 11.3 Å². The number of nitrogens with one attached hydrogen (secondary N) is 2. The van der Waals surface area contributed by atoms with E-state index in [1.165, 1.54) is 0 Å². The quantitative estimate of drug-likeness (QED) is 0.794. The zero-order valence-electron chi connectivity index (χ0n) is 9.76. The monoisotopic (exact) mass is 220 g/mol. The van der Waals surface area contributed by atoms with Gasteiger partial charge >= 0.3 is 0 Å². The minimum atomic E-state index is -0.800. The minimum absolute atomic E-state index is 0.110. The fourth-order valence-corrected chi connectivity index (χ4v) is 1.66. The molecule has 86 valence electrons. The van der Waals surface area contributed by atoms with E-state index in [4.69, 9.17) is 4.74 Å². The van der Waals surface area contributed by atoms with Crippen molar-refractivity contribution in [2.45, 2.75) is 26.0 Å². The number of rotatable bonds is 2. The van der Waals surface area contributed by atoms with Gasteiger partial charge in [0.2, 0.25) is 0 Å². The summed E-state index contributed by atoms with van der Waals surface area (Å²) < 4.78 is 5.68. The van der Waals surface area contributed by atoms with Gasteiger partial charge < -0.3 is 15.4 Å². The van der Waals surface area contributed by atoms with Gasteiger partial charge in [0.1, 0.15) is 5.75 Å². The molecule has 2 N–H and O–H groups in total. The summed E-state index contributed by atoms with van der Waals surface area (Å²) in [5, 5.41) is 5.91. The van der Waals surface area contributed by atoms with Crippen LogP contribution in [0.2, 0.25) is 0 Å². The predicted octanol–water partition coefficient (Wildman–Crippen LogP) is 1.52. The van der Waals surface area contributed by atoms with Crippen LogP contribution in [0, 0.1) is 0 Å². The standard InChI is InChI=1S/C12H16N2O2/c1-12(2)11(15)14-9-5-4-8(7-13-3)6-10(9)16-12/h4-6,13H,7H2,1-3H3,(H,14,15). The molecule has 1 aliphatic rings. The summed E-state index contributed by atoms with van der Waals surface area (Å²) in [6.45, 7) is 4.30. The molecule has 4 heteroatoms. The molecule has 1 amide bonds. The highest BCUT2D eigenvalue weighted by atomic mass is 16.5. The summed E-state index contributed by atoms with van der Waals surface area (Å²) in [6, 6.07) is 5.79. The number of ether oxygens (including phenoxy) is 1. The Balaban J connectivity index is 2.34. The molecule has 1 aromatic carbocycles. The fraction of sp³-hybridized carbons (Fsp3) is 0.417. The number of hydrogen-bond donors (Lipinski definition) is 2. The lowest BCUT2D eigenvalue weighted by Crippen LogP contribution is -2.45. The van der Waals surface area contributed by atoms with Crippen molar-refractivity contribution in [3.63, 3.8) is 0 Å². The molecular weight excluding hydrogens is 204 g/mol. The Morgan fingerprint density at radius 1 is 1.44 bits per heavy atom. The van der Waals surface area contributed by atoms with E-state index in [-0.39, 0.29) is 5.91 Å². The lowest BCUT2D eigenvalue weighted by Gasteiger charge is -2.31. The van der Waals surface area contributed by atoms with Crippen molar-refractivity contribution in [1.82, 2.24) is 5.32 Å². The number of anilines is 1. The summed E-state index contributed by atoms with van der Waals surface area (Å²) >= 11 is 0. The van der Waals surface area contributed by atoms with E-state index < -0.39 is 5.60 Å². The van der Waals surface area contributed by atoms with Crippen molar-refractivity contribution in [2.24, 2.45) is 0 Å². The molecular formula is C12H16N2O2. The number of fused-ring (bicyclic) bond motifs is 1. The molecule has 1 heterocycles. The largest absolute Gasteiger partial charge is 0.476 e. The molecule has 0 aliphatic carbocycles. The third-order valence-electron chi connectivity index (χ3n) is 2.59. The zero-order valence-corrected chi connectivity index (χ0v) is 9.76. The molecule has 0 unspecified atom stereocenters. The van der Waals surface area contributed by atoms with E-state index in [1.54, 1.807) is 13.8 Å². The Bertz CT molecular complexity index is 427. The van der Waals surface area contributed by atoms with Crippen molar-refractivity contribution in [3.8, 4) is 5.75 Å². The molecule has 0 atom stereocenters. The third-order valence-corrected chi connectivity index (χ3v) is 2.59. The predicted molar refractivity (Wildman–Crippen MR) is 62.5 cm³/mol. The van der Waals surface area contributed by atoms with Gasteiger partial charge in [0.05, 0.1) is 5.69 Å². The van der Waals surface area contributed by atoms with Gasteiger partial charge in [0.25, 0.3) is 5.91 Å². The summed E-state index contributed by atoms with van der Waals surface area (Å²) in [4.78, 5) is 11.6. The molecule has 0 saturated heterocycles. The van der Waals surface area contributed by atoms with Crippen molar-refractivity contribution in [2.75, 3.05) is 12.4 Å². The first-order chi connectivity index (χ1) is 7.53. The minimum Gasteiger partial charge on any atom is -0.476 e. The van der Waals surface area contributed by atoms with E-state index in [2.05, 4.69) is 10.6 Å². The molecule has 1 aliphatic heterocycles. The first kappa shape index (κ1) is 11.0. The summed E-state index contributed by atoms with van der Waals surface area (Å²) in [6.07, 6.45) is 0. The van der Waals surface area contributed by atoms with Crippen LogP contribution in [0.4, 0.5) is 5.69 Å². The van der Waals surface area contributed by atoms with Gasteiger partial charge in [0.15, 0.2) is 5.60 Å². The number of amides is 1. The van der Waals surface area contributed by atoms with Crippen LogP contribution in [0.15, 0.2) is 18.2 Å². The maximum Gasteiger partial charge on any atom is 0.268 e. The first-order valence-corrected chi connectivity index (χ1v) is 5.31. The molecule has 0 aromatic heterocycles. The van der Waals surface area contributed by atoms with Gasteiger partial charge in [-0.1, -0.05) is 6.07 Å². The second-order valence-corrected chi connectivity index (χ2v) is 4.43. The molecule has 1 aromatic rings. The highest BCUT2D eigenvalue weighted by Crippen LogP contribution is 2.34. The fourth-order valence-electron chi connectivity index (χ4n) is 1.66. The second kappa shape index (κ2) is 3.79. The molecule has 0 radical (unpaired) electrons. The van der Waals surface area contributed by atoms with E-state index in [0.717, 1.165) is 23.5 Å². The third kappa shape index (κ3) is 1.88. The van der Waals surface area contributed by atoms with E-state index in [9.17, 15) is 4.79 Å². The van der Waals surface area contributed by atoms with Gasteiger partial charge in [-0.3, -0.25) is 4.79 Å². The van der Waals surface area contributed by atoms with E-state index >= 15 is 0 Å². The number of hydrogen-bond acceptors (Lipinski definition) is 3. The van der Waals surface area contributed by atoms with Crippen LogP contribution >= 0.6 is 0 Å². The average Bonchev–Trinajstić information content (AvgIpc) is 2.20. The summed E-state index contributed by atoms with van der Waals surface area (Å²) in [5.41, 5.74) is 1.07. The maximum absolute atomic E-state index is 11.6. The first-order valence-electron chi connectivity index (χ1n) is 5.31. The smallest absolute Gasteiger partial charge is 0.268 e. The lowest BCUT2D eigenvalue weighted by atomic mass is 10.1. The number of carbonyl (C=O) groups excluding carboxylic acids is 1. The van der Waals surface area contributed by atoms with Crippen LogP contribution in [0.1, 0.15) is 19.4 Å². The van der Waals surface area contributed by atoms with Crippen LogP contribution in [-0.4, -0.2) is 18.6 Å². The van der Waals surface area contributed by atoms with Gasteiger partial charge in [-0.2, -0.15) is 0 Å². The van der Waals surface area contributed by atoms with Gasteiger partial charge in [0, 0.05) is 6.54 Å². The topological polar surface area (TPSA) is 50.4 Å². The molecule has 4 nitrogen and oxygen atoms in total. The Morgan fingerprint density at radius 3 is 2.88 bits per heavy atom. The molecule has 0 spiro atoms. The Kier molecular flexibility index (Phi) is 2.59. The number of carbonyl (C=O) groups is 1. The van der Waals surface area contributed by atoms with Crippen LogP contribution in [0.3, 0.4) is 0 Å². The van der Waals surface area contributed by atoms with Gasteiger partial charge in [-0.25, -0.2) is 0 Å². The molecule has 2 rings (SSSR count). The Hall–Kier alpha value is -1.55. The molecule has 0 saturated carbocycles. The number of benzene rings is 1.